The average molecular weight is 366 g/mol. The molecule has 3 rings (SSSR count). The first-order valence-electron chi connectivity index (χ1n) is 8.43. The molecule has 2 aromatic rings. The van der Waals surface area contributed by atoms with Crippen LogP contribution in [0.2, 0.25) is 0 Å². The Labute approximate surface area is 150 Å². The zero-order valence-corrected chi connectivity index (χ0v) is 14.4. The molecule has 0 aliphatic carbocycles. The first kappa shape index (κ1) is 18.5. The molecule has 0 aromatic heterocycles. The summed E-state index contributed by atoms with van der Waals surface area (Å²) in [6, 6.07) is 11.0. The number of aromatic hydroxyl groups is 1. The number of rotatable bonds is 4. The fourth-order valence-corrected chi connectivity index (χ4v) is 3.27. The Kier molecular flexibility index (Phi) is 5.38. The summed E-state index contributed by atoms with van der Waals surface area (Å²) in [4.78, 5) is 2.21. The maximum Gasteiger partial charge on any atom is 0.573 e. The van der Waals surface area contributed by atoms with Gasteiger partial charge in [0, 0.05) is 31.7 Å². The van der Waals surface area contributed by atoms with Gasteiger partial charge in [0.15, 0.2) is 0 Å². The first-order valence-corrected chi connectivity index (χ1v) is 8.43. The van der Waals surface area contributed by atoms with Crippen molar-refractivity contribution in [2.75, 3.05) is 26.2 Å². The molecule has 0 bridgehead atoms. The van der Waals surface area contributed by atoms with E-state index >= 15 is 0 Å². The summed E-state index contributed by atoms with van der Waals surface area (Å²) in [5.41, 5.74) is 2.56. The van der Waals surface area contributed by atoms with Gasteiger partial charge in [0.2, 0.25) is 0 Å². The zero-order valence-electron chi connectivity index (χ0n) is 14.4. The van der Waals surface area contributed by atoms with E-state index in [0.717, 1.165) is 42.9 Å². The molecule has 0 amide bonds. The van der Waals surface area contributed by atoms with Gasteiger partial charge in [-0.25, -0.2) is 0 Å². The lowest BCUT2D eigenvalue weighted by atomic mass is 9.94. The maximum atomic E-state index is 12.4. The van der Waals surface area contributed by atoms with E-state index in [4.69, 9.17) is 0 Å². The lowest BCUT2D eigenvalue weighted by Crippen LogP contribution is -2.45. The second kappa shape index (κ2) is 7.55. The van der Waals surface area contributed by atoms with Crippen molar-refractivity contribution in [3.05, 3.63) is 59.2 Å². The summed E-state index contributed by atoms with van der Waals surface area (Å²) in [5, 5.41) is 13.7. The summed E-state index contributed by atoms with van der Waals surface area (Å²) in [7, 11) is 0. The van der Waals surface area contributed by atoms with Crippen LogP contribution in [-0.4, -0.2) is 42.5 Å². The van der Waals surface area contributed by atoms with Crippen molar-refractivity contribution in [2.45, 2.75) is 19.3 Å². The molecule has 0 radical (unpaired) electrons. The van der Waals surface area contributed by atoms with Crippen molar-refractivity contribution in [3.8, 4) is 11.5 Å². The third-order valence-corrected chi connectivity index (χ3v) is 4.42. The van der Waals surface area contributed by atoms with Crippen LogP contribution in [0.3, 0.4) is 0 Å². The number of hydrogen-bond donors (Lipinski definition) is 2. The largest absolute Gasteiger partial charge is 0.573 e. The third kappa shape index (κ3) is 4.47. The quantitative estimate of drug-likeness (QED) is 0.868. The van der Waals surface area contributed by atoms with Crippen LogP contribution in [0, 0.1) is 6.92 Å². The van der Waals surface area contributed by atoms with Gasteiger partial charge in [-0.1, -0.05) is 29.8 Å². The van der Waals surface area contributed by atoms with E-state index < -0.39 is 6.36 Å². The minimum Gasteiger partial charge on any atom is -0.508 e. The molecule has 1 atom stereocenters. The Morgan fingerprint density at radius 2 is 1.73 bits per heavy atom. The highest BCUT2D eigenvalue weighted by molar-refractivity contribution is 5.44. The van der Waals surface area contributed by atoms with Gasteiger partial charge in [-0.15, -0.1) is 13.2 Å². The van der Waals surface area contributed by atoms with E-state index in [9.17, 15) is 18.3 Å². The van der Waals surface area contributed by atoms with Crippen molar-refractivity contribution in [2.24, 2.45) is 0 Å². The van der Waals surface area contributed by atoms with Gasteiger partial charge in [-0.2, -0.15) is 0 Å². The van der Waals surface area contributed by atoms with Crippen molar-refractivity contribution in [3.63, 3.8) is 0 Å². The Hall–Kier alpha value is -2.25. The minimum absolute atomic E-state index is 0.176. The first-order chi connectivity index (χ1) is 12.3. The molecule has 1 aliphatic heterocycles. The van der Waals surface area contributed by atoms with E-state index in [0.29, 0.717) is 0 Å². The molecule has 26 heavy (non-hydrogen) atoms. The second-order valence-electron chi connectivity index (χ2n) is 6.37. The molecule has 0 saturated carbocycles. The Bertz CT molecular complexity index is 741. The van der Waals surface area contributed by atoms with E-state index in [2.05, 4.69) is 15.0 Å². The average Bonchev–Trinajstić information content (AvgIpc) is 2.59. The van der Waals surface area contributed by atoms with Crippen LogP contribution in [0.4, 0.5) is 13.2 Å². The predicted molar refractivity (Wildman–Crippen MR) is 92.3 cm³/mol. The molecule has 0 spiro atoms. The lowest BCUT2D eigenvalue weighted by molar-refractivity contribution is -0.274. The summed E-state index contributed by atoms with van der Waals surface area (Å²) in [6.07, 6.45) is -4.71. The van der Waals surface area contributed by atoms with Crippen LogP contribution in [0.25, 0.3) is 0 Å². The predicted octanol–water partition coefficient (Wildman–Crippen LogP) is 3.59. The van der Waals surface area contributed by atoms with Crippen molar-refractivity contribution >= 4 is 0 Å². The second-order valence-corrected chi connectivity index (χ2v) is 6.37. The number of aryl methyl sites for hydroxylation is 1. The van der Waals surface area contributed by atoms with Crippen LogP contribution in [0.5, 0.6) is 11.5 Å². The summed E-state index contributed by atoms with van der Waals surface area (Å²) in [5.74, 6) is -0.0801. The van der Waals surface area contributed by atoms with Gasteiger partial charge in [0.25, 0.3) is 0 Å². The highest BCUT2D eigenvalue weighted by Crippen LogP contribution is 2.36. The number of alkyl halides is 3. The normalized spacial score (nSPS) is 17.1. The van der Waals surface area contributed by atoms with Gasteiger partial charge < -0.3 is 15.2 Å². The van der Waals surface area contributed by atoms with Gasteiger partial charge in [0.05, 0.1) is 6.04 Å². The Balaban J connectivity index is 1.96. The number of ether oxygens (including phenoxy) is 1. The number of nitrogens with one attached hydrogen (secondary N) is 1. The fourth-order valence-electron chi connectivity index (χ4n) is 3.27. The Morgan fingerprint density at radius 1 is 1.08 bits per heavy atom. The van der Waals surface area contributed by atoms with Gasteiger partial charge in [-0.05, 0) is 30.7 Å². The van der Waals surface area contributed by atoms with E-state index in [1.54, 1.807) is 18.2 Å². The van der Waals surface area contributed by atoms with Gasteiger partial charge >= 0.3 is 6.36 Å². The molecular formula is C19H21F3N2O2. The highest BCUT2D eigenvalue weighted by Gasteiger charge is 2.31. The minimum atomic E-state index is -4.71. The molecule has 1 saturated heterocycles. The van der Waals surface area contributed by atoms with E-state index in [-0.39, 0.29) is 17.5 Å². The summed E-state index contributed by atoms with van der Waals surface area (Å²) in [6.45, 7) is 5.13. The lowest BCUT2D eigenvalue weighted by Gasteiger charge is -2.36. The number of piperazine rings is 1. The topological polar surface area (TPSA) is 44.7 Å². The Morgan fingerprint density at radius 3 is 2.35 bits per heavy atom. The smallest absolute Gasteiger partial charge is 0.508 e. The fraction of sp³-hybridized carbons (Fsp3) is 0.368. The zero-order chi connectivity index (χ0) is 18.7. The van der Waals surface area contributed by atoms with Crippen molar-refractivity contribution in [1.82, 2.24) is 10.2 Å². The molecule has 1 aliphatic rings. The number of phenols is 1. The monoisotopic (exact) mass is 366 g/mol. The summed E-state index contributed by atoms with van der Waals surface area (Å²) >= 11 is 0. The number of phenolic OH excluding ortho intramolecular Hbond substituents is 1. The van der Waals surface area contributed by atoms with Crippen LogP contribution >= 0.6 is 0 Å². The molecular weight excluding hydrogens is 345 g/mol. The number of nitrogens with zero attached hydrogens (tertiary/aromatic N) is 1. The molecule has 2 aromatic carbocycles. The maximum absolute atomic E-state index is 12.4. The number of hydrogen-bond acceptors (Lipinski definition) is 4. The molecule has 140 valence electrons. The van der Waals surface area contributed by atoms with Crippen molar-refractivity contribution in [1.29, 1.82) is 0 Å². The molecule has 0 unspecified atom stereocenters. The van der Waals surface area contributed by atoms with Crippen LogP contribution in [-0.2, 0) is 0 Å². The molecule has 1 fully saturated rings. The highest BCUT2D eigenvalue weighted by atomic mass is 19.4. The van der Waals surface area contributed by atoms with Crippen LogP contribution < -0.4 is 10.1 Å². The summed E-state index contributed by atoms with van der Waals surface area (Å²) < 4.78 is 41.1. The van der Waals surface area contributed by atoms with Gasteiger partial charge in [-0.3, -0.25) is 4.90 Å². The SMILES string of the molecule is Cc1ccc(O)c([C@@H](c2ccc(OC(F)(F)F)cc2)N2CCNCC2)c1. The van der Waals surface area contributed by atoms with Crippen LogP contribution in [0.1, 0.15) is 22.7 Å². The van der Waals surface area contributed by atoms with E-state index in [1.807, 2.05) is 19.1 Å². The molecule has 1 heterocycles. The molecule has 2 N–H and O–H groups in total. The van der Waals surface area contributed by atoms with Crippen molar-refractivity contribution < 1.29 is 23.0 Å². The molecule has 7 heteroatoms. The van der Waals surface area contributed by atoms with Crippen LogP contribution in [0.15, 0.2) is 42.5 Å². The number of benzene rings is 2. The molecule has 4 nitrogen and oxygen atoms in total. The third-order valence-electron chi connectivity index (χ3n) is 4.42. The standard InChI is InChI=1S/C19H21F3N2O2/c1-13-2-7-17(25)16(12-13)18(24-10-8-23-9-11-24)14-3-5-15(6-4-14)26-19(20,21)22/h2-7,12,18,23,25H,8-11H2,1H3/t18-/m1/s1. The van der Waals surface area contributed by atoms with Gasteiger partial charge in [0.1, 0.15) is 11.5 Å². The van der Waals surface area contributed by atoms with E-state index in [1.165, 1.54) is 12.1 Å². The number of halogens is 3.